The third-order valence-electron chi connectivity index (χ3n) is 5.01. The summed E-state index contributed by atoms with van der Waals surface area (Å²) >= 11 is 1.32. The number of nitrogens with zero attached hydrogens (tertiary/aromatic N) is 4. The predicted molar refractivity (Wildman–Crippen MR) is 125 cm³/mol. The standard InChI is InChI=1S/C25H23FN4OS/c1-29(2)24(31)22(19-13-7-4-8-14-19)32-25-28-27-23(20-15-9-10-16-21(20)26)30(25)17-18-11-5-3-6-12-18/h3-16,22H,17H2,1-2H3/t22-/m1/s1. The topological polar surface area (TPSA) is 51.0 Å². The number of benzene rings is 3. The van der Waals surface area contributed by atoms with Crippen molar-refractivity contribution < 1.29 is 9.18 Å². The molecule has 7 heteroatoms. The van der Waals surface area contributed by atoms with Crippen molar-refractivity contribution in [3.05, 3.63) is 102 Å². The second kappa shape index (κ2) is 9.78. The Morgan fingerprint density at radius 3 is 2.22 bits per heavy atom. The normalized spacial score (nSPS) is 11.8. The van der Waals surface area contributed by atoms with Crippen LogP contribution in [-0.4, -0.2) is 39.7 Å². The van der Waals surface area contributed by atoms with Crippen LogP contribution >= 0.6 is 11.8 Å². The van der Waals surface area contributed by atoms with Crippen LogP contribution in [0.3, 0.4) is 0 Å². The molecule has 4 aromatic rings. The highest BCUT2D eigenvalue weighted by molar-refractivity contribution is 8.00. The van der Waals surface area contributed by atoms with Crippen molar-refractivity contribution in [1.29, 1.82) is 0 Å². The van der Waals surface area contributed by atoms with E-state index in [1.807, 2.05) is 65.2 Å². The zero-order valence-electron chi connectivity index (χ0n) is 17.9. The highest BCUT2D eigenvalue weighted by Crippen LogP contribution is 2.37. The Kier molecular flexibility index (Phi) is 6.66. The van der Waals surface area contributed by atoms with Crippen molar-refractivity contribution in [3.8, 4) is 11.4 Å². The minimum Gasteiger partial charge on any atom is -0.348 e. The molecule has 0 saturated carbocycles. The fourth-order valence-electron chi connectivity index (χ4n) is 3.35. The van der Waals surface area contributed by atoms with Crippen LogP contribution in [0.5, 0.6) is 0 Å². The third-order valence-corrected chi connectivity index (χ3v) is 6.23. The van der Waals surface area contributed by atoms with Crippen molar-refractivity contribution in [1.82, 2.24) is 19.7 Å². The van der Waals surface area contributed by atoms with Crippen LogP contribution in [0, 0.1) is 5.82 Å². The molecule has 0 fully saturated rings. The van der Waals surface area contributed by atoms with E-state index in [1.165, 1.54) is 17.8 Å². The summed E-state index contributed by atoms with van der Waals surface area (Å²) in [6.45, 7) is 0.456. The van der Waals surface area contributed by atoms with Gasteiger partial charge in [0.05, 0.1) is 12.1 Å². The van der Waals surface area contributed by atoms with Gasteiger partial charge in [-0.2, -0.15) is 0 Å². The number of amides is 1. The van der Waals surface area contributed by atoms with Gasteiger partial charge in [0.15, 0.2) is 11.0 Å². The average Bonchev–Trinajstić information content (AvgIpc) is 3.20. The van der Waals surface area contributed by atoms with Crippen molar-refractivity contribution in [2.75, 3.05) is 14.1 Å². The van der Waals surface area contributed by atoms with Gasteiger partial charge in [-0.1, -0.05) is 84.6 Å². The SMILES string of the molecule is CN(C)C(=O)[C@H](Sc1nnc(-c2ccccc2F)n1Cc1ccccc1)c1ccccc1. The molecule has 3 aromatic carbocycles. The molecule has 5 nitrogen and oxygen atoms in total. The molecule has 1 atom stereocenters. The number of likely N-dealkylation sites (N-methyl/N-ethyl adjacent to an activating group) is 1. The fourth-order valence-corrected chi connectivity index (χ4v) is 4.54. The molecule has 1 heterocycles. The van der Waals surface area contributed by atoms with E-state index in [4.69, 9.17) is 0 Å². The molecule has 1 amide bonds. The molecule has 162 valence electrons. The van der Waals surface area contributed by atoms with Crippen molar-refractivity contribution in [2.45, 2.75) is 17.0 Å². The second-order valence-electron chi connectivity index (χ2n) is 7.50. The molecule has 0 aliphatic carbocycles. The predicted octanol–water partition coefficient (Wildman–Crippen LogP) is 5.05. The molecule has 0 bridgehead atoms. The molecular weight excluding hydrogens is 423 g/mol. The van der Waals surface area contributed by atoms with E-state index in [2.05, 4.69) is 10.2 Å². The fraction of sp³-hybridized carbons (Fsp3) is 0.160. The number of rotatable bonds is 7. The minimum absolute atomic E-state index is 0.0529. The number of aromatic nitrogens is 3. The number of carbonyl (C=O) groups excluding carboxylic acids is 1. The summed E-state index contributed by atoms with van der Waals surface area (Å²) in [6, 6.07) is 26.0. The molecule has 0 spiro atoms. The van der Waals surface area contributed by atoms with Crippen LogP contribution in [0.25, 0.3) is 11.4 Å². The highest BCUT2D eigenvalue weighted by atomic mass is 32.2. The number of hydrogen-bond donors (Lipinski definition) is 0. The quantitative estimate of drug-likeness (QED) is 0.373. The molecule has 0 aliphatic heterocycles. The molecule has 1 aromatic heterocycles. The first-order valence-electron chi connectivity index (χ1n) is 10.2. The van der Waals surface area contributed by atoms with Crippen LogP contribution < -0.4 is 0 Å². The van der Waals surface area contributed by atoms with Gasteiger partial charge in [0, 0.05) is 14.1 Å². The van der Waals surface area contributed by atoms with Crippen molar-refractivity contribution >= 4 is 17.7 Å². The smallest absolute Gasteiger partial charge is 0.240 e. The van der Waals surface area contributed by atoms with Crippen molar-refractivity contribution in [2.24, 2.45) is 0 Å². The first-order valence-corrected chi connectivity index (χ1v) is 11.1. The summed E-state index contributed by atoms with van der Waals surface area (Å²) in [5.74, 6) is 0.0104. The first-order chi connectivity index (χ1) is 15.5. The van der Waals surface area contributed by atoms with Crippen LogP contribution in [0.4, 0.5) is 4.39 Å². The van der Waals surface area contributed by atoms with Gasteiger partial charge in [0.2, 0.25) is 5.91 Å². The van der Waals surface area contributed by atoms with E-state index in [0.717, 1.165) is 11.1 Å². The Bertz CT molecular complexity index is 1200. The van der Waals surface area contributed by atoms with E-state index >= 15 is 0 Å². The summed E-state index contributed by atoms with van der Waals surface area (Å²) in [5, 5.41) is 8.75. The lowest BCUT2D eigenvalue weighted by molar-refractivity contribution is -0.128. The largest absolute Gasteiger partial charge is 0.348 e. The summed E-state index contributed by atoms with van der Waals surface area (Å²) in [7, 11) is 3.47. The number of thioether (sulfide) groups is 1. The maximum Gasteiger partial charge on any atom is 0.240 e. The number of hydrogen-bond acceptors (Lipinski definition) is 4. The Hall–Kier alpha value is -3.45. The lowest BCUT2D eigenvalue weighted by Crippen LogP contribution is -2.27. The van der Waals surface area contributed by atoms with Crippen LogP contribution in [-0.2, 0) is 11.3 Å². The molecule has 0 saturated heterocycles. The first kappa shape index (κ1) is 21.8. The molecule has 4 rings (SSSR count). The molecule has 0 N–H and O–H groups in total. The zero-order valence-corrected chi connectivity index (χ0v) is 18.7. The van der Waals surface area contributed by atoms with E-state index in [9.17, 15) is 9.18 Å². The Morgan fingerprint density at radius 2 is 1.56 bits per heavy atom. The third kappa shape index (κ3) is 4.73. The summed E-state index contributed by atoms with van der Waals surface area (Å²) in [5.41, 5.74) is 2.28. The average molecular weight is 447 g/mol. The van der Waals surface area contributed by atoms with Gasteiger partial charge in [-0.05, 0) is 23.3 Å². The lowest BCUT2D eigenvalue weighted by Gasteiger charge is -2.20. The van der Waals surface area contributed by atoms with E-state index < -0.39 is 5.25 Å². The molecule has 0 aliphatic rings. The minimum atomic E-state index is -0.501. The van der Waals surface area contributed by atoms with Gasteiger partial charge in [0.25, 0.3) is 0 Å². The van der Waals surface area contributed by atoms with Crippen LogP contribution in [0.1, 0.15) is 16.4 Å². The van der Waals surface area contributed by atoms with Crippen LogP contribution in [0.2, 0.25) is 0 Å². The number of carbonyl (C=O) groups is 1. The van der Waals surface area contributed by atoms with Gasteiger partial charge in [0.1, 0.15) is 11.1 Å². The summed E-state index contributed by atoms with van der Waals surface area (Å²) < 4.78 is 16.5. The maximum absolute atomic E-state index is 14.6. The second-order valence-corrected chi connectivity index (χ2v) is 8.57. The molecule has 0 unspecified atom stereocenters. The van der Waals surface area contributed by atoms with Gasteiger partial charge >= 0.3 is 0 Å². The van der Waals surface area contributed by atoms with Gasteiger partial charge in [-0.25, -0.2) is 4.39 Å². The Morgan fingerprint density at radius 1 is 0.938 bits per heavy atom. The monoisotopic (exact) mass is 446 g/mol. The Balaban J connectivity index is 1.79. The Labute approximate surface area is 190 Å². The summed E-state index contributed by atoms with van der Waals surface area (Å²) in [4.78, 5) is 14.6. The van der Waals surface area contributed by atoms with E-state index in [1.54, 1.807) is 37.2 Å². The zero-order chi connectivity index (χ0) is 22.5. The lowest BCUT2D eigenvalue weighted by atomic mass is 10.1. The maximum atomic E-state index is 14.6. The molecular formula is C25H23FN4OS. The molecule has 32 heavy (non-hydrogen) atoms. The molecule has 0 radical (unpaired) electrons. The van der Waals surface area contributed by atoms with Crippen molar-refractivity contribution in [3.63, 3.8) is 0 Å². The van der Waals surface area contributed by atoms with Gasteiger partial charge in [-0.15, -0.1) is 10.2 Å². The highest BCUT2D eigenvalue weighted by Gasteiger charge is 2.27. The van der Waals surface area contributed by atoms with Gasteiger partial charge < -0.3 is 4.90 Å². The van der Waals surface area contributed by atoms with Gasteiger partial charge in [-0.3, -0.25) is 9.36 Å². The van der Waals surface area contributed by atoms with Crippen LogP contribution in [0.15, 0.2) is 90.1 Å². The summed E-state index contributed by atoms with van der Waals surface area (Å²) in [6.07, 6.45) is 0. The number of halogens is 1. The van der Waals surface area contributed by atoms with E-state index in [0.29, 0.717) is 23.1 Å². The van der Waals surface area contributed by atoms with E-state index in [-0.39, 0.29) is 11.7 Å².